The molecule has 2 nitrogen and oxygen atoms in total. The van der Waals surface area contributed by atoms with Crippen LogP contribution in [0.25, 0.3) is 77.9 Å². The first-order valence-electron chi connectivity index (χ1n) is 30.0. The van der Waals surface area contributed by atoms with E-state index in [1.54, 1.807) is 0 Å². The minimum atomic E-state index is -0.525. The zero-order chi connectivity index (χ0) is 57.9. The summed E-state index contributed by atoms with van der Waals surface area (Å²) in [5, 5.41) is 0. The molecular weight excluding hydrogens is 1050 g/mol. The van der Waals surface area contributed by atoms with Gasteiger partial charge in [-0.3, -0.25) is 0 Å². The molecule has 0 amide bonds. The van der Waals surface area contributed by atoms with Crippen molar-refractivity contribution < 1.29 is 0 Å². The standard InChI is InChI=1S/C85H60N2/c1-8-24-61(25-9-1)62-40-42-63(43-41-62)64-44-50-73(51-45-64)86(71-34-18-6-19-35-71)74-52-46-67(47-53-74)81-59-80(66-28-12-3-13-29-66)82(60-79(81)65-26-10-2-11-27-65)68-48-54-75(55-49-68)87(72-36-20-7-21-37-72)76-56-57-78-77-38-22-23-39-83(77)85(84(78)58-76,69-30-14-4-15-31-69)70-32-16-5-17-33-70/h1-60H. The van der Waals surface area contributed by atoms with Crippen LogP contribution in [0.3, 0.4) is 0 Å². The highest BCUT2D eigenvalue weighted by molar-refractivity contribution is 5.97. The molecule has 14 aromatic rings. The fraction of sp³-hybridized carbons (Fsp3) is 0.0118. The summed E-state index contributed by atoms with van der Waals surface area (Å²) in [6.45, 7) is 0. The maximum atomic E-state index is 2.45. The number of hydrogen-bond acceptors (Lipinski definition) is 2. The summed E-state index contributed by atoms with van der Waals surface area (Å²) in [4.78, 5) is 4.76. The second-order valence-corrected chi connectivity index (χ2v) is 22.4. The van der Waals surface area contributed by atoms with Crippen molar-refractivity contribution in [2.75, 3.05) is 9.80 Å². The third-order valence-electron chi connectivity index (χ3n) is 17.4. The van der Waals surface area contributed by atoms with Crippen LogP contribution in [-0.4, -0.2) is 0 Å². The molecule has 410 valence electrons. The van der Waals surface area contributed by atoms with Crippen LogP contribution in [0.2, 0.25) is 0 Å². The van der Waals surface area contributed by atoms with E-state index in [2.05, 4.69) is 374 Å². The largest absolute Gasteiger partial charge is 0.311 e. The molecule has 1 aliphatic rings. The van der Waals surface area contributed by atoms with E-state index in [1.165, 1.54) is 66.8 Å². The minimum absolute atomic E-state index is 0.525. The Bertz CT molecular complexity index is 4610. The molecule has 2 heteroatoms. The maximum Gasteiger partial charge on any atom is 0.0714 e. The van der Waals surface area contributed by atoms with Gasteiger partial charge in [0.2, 0.25) is 0 Å². The molecule has 0 atom stereocenters. The Morgan fingerprint density at radius 2 is 0.425 bits per heavy atom. The summed E-state index contributed by atoms with van der Waals surface area (Å²) in [7, 11) is 0. The minimum Gasteiger partial charge on any atom is -0.311 e. The Morgan fingerprint density at radius 1 is 0.161 bits per heavy atom. The zero-order valence-electron chi connectivity index (χ0n) is 48.0. The van der Waals surface area contributed by atoms with Crippen LogP contribution in [0.1, 0.15) is 22.3 Å². The molecule has 0 saturated carbocycles. The lowest BCUT2D eigenvalue weighted by Gasteiger charge is -2.35. The van der Waals surface area contributed by atoms with Gasteiger partial charge in [-0.05, 0) is 185 Å². The molecular formula is C85H60N2. The van der Waals surface area contributed by atoms with Crippen LogP contribution in [0, 0.1) is 0 Å². The highest BCUT2D eigenvalue weighted by atomic mass is 15.1. The lowest BCUT2D eigenvalue weighted by Crippen LogP contribution is -2.28. The Hall–Kier alpha value is -11.3. The molecule has 14 aromatic carbocycles. The van der Waals surface area contributed by atoms with Gasteiger partial charge in [0.1, 0.15) is 0 Å². The molecule has 0 saturated heterocycles. The molecule has 0 spiro atoms. The van der Waals surface area contributed by atoms with Crippen LogP contribution < -0.4 is 9.80 Å². The van der Waals surface area contributed by atoms with Crippen LogP contribution in [0.5, 0.6) is 0 Å². The molecule has 0 radical (unpaired) electrons. The van der Waals surface area contributed by atoms with E-state index < -0.39 is 5.41 Å². The van der Waals surface area contributed by atoms with Gasteiger partial charge in [0, 0.05) is 34.1 Å². The first-order chi connectivity index (χ1) is 43.2. The normalized spacial score (nSPS) is 12.0. The topological polar surface area (TPSA) is 6.48 Å². The van der Waals surface area contributed by atoms with E-state index in [0.717, 1.165) is 67.5 Å². The number of nitrogens with zero attached hydrogens (tertiary/aromatic N) is 2. The van der Waals surface area contributed by atoms with Gasteiger partial charge in [0.15, 0.2) is 0 Å². The van der Waals surface area contributed by atoms with E-state index in [0.29, 0.717) is 0 Å². The number of benzene rings is 14. The monoisotopic (exact) mass is 1110 g/mol. The SMILES string of the molecule is c1ccc(-c2ccc(-c3ccc(N(c4ccccc4)c4ccc(-c5cc(-c6ccccc6)c(-c6ccc(N(c7ccccc7)c7ccc8c(c7)C(c7ccccc7)(c7ccccc7)c7ccccc7-8)cc6)cc5-c5ccccc5)cc4)cc3)cc2)cc1. The van der Waals surface area contributed by atoms with Gasteiger partial charge < -0.3 is 9.80 Å². The number of rotatable bonds is 14. The summed E-state index contributed by atoms with van der Waals surface area (Å²) >= 11 is 0. The van der Waals surface area contributed by atoms with Crippen molar-refractivity contribution in [3.8, 4) is 77.9 Å². The molecule has 0 unspecified atom stereocenters. The quantitative estimate of drug-likeness (QED) is 0.107. The predicted molar refractivity (Wildman–Crippen MR) is 366 cm³/mol. The third kappa shape index (κ3) is 9.80. The van der Waals surface area contributed by atoms with Crippen LogP contribution in [-0.2, 0) is 5.41 Å². The van der Waals surface area contributed by atoms with E-state index >= 15 is 0 Å². The van der Waals surface area contributed by atoms with Gasteiger partial charge in [0.25, 0.3) is 0 Å². The molecule has 0 bridgehead atoms. The Balaban J connectivity index is 0.814. The highest BCUT2D eigenvalue weighted by Gasteiger charge is 2.46. The lowest BCUT2D eigenvalue weighted by molar-refractivity contribution is 0.768. The Kier molecular flexibility index (Phi) is 13.9. The summed E-state index contributed by atoms with van der Waals surface area (Å²) < 4.78 is 0. The summed E-state index contributed by atoms with van der Waals surface area (Å²) in [5.41, 5.74) is 27.6. The average molecular weight is 1110 g/mol. The Labute approximate surface area is 510 Å². The second-order valence-electron chi connectivity index (χ2n) is 22.4. The van der Waals surface area contributed by atoms with Crippen LogP contribution >= 0.6 is 0 Å². The number of fused-ring (bicyclic) bond motifs is 3. The number of para-hydroxylation sites is 2. The molecule has 0 fully saturated rings. The van der Waals surface area contributed by atoms with Crippen molar-refractivity contribution in [3.05, 3.63) is 386 Å². The van der Waals surface area contributed by atoms with E-state index in [-0.39, 0.29) is 0 Å². The smallest absolute Gasteiger partial charge is 0.0714 e. The van der Waals surface area contributed by atoms with Crippen molar-refractivity contribution in [2.24, 2.45) is 0 Å². The molecule has 1 aliphatic carbocycles. The average Bonchev–Trinajstić information content (AvgIpc) is 1.58. The predicted octanol–water partition coefficient (Wildman–Crippen LogP) is 23.0. The number of anilines is 6. The van der Waals surface area contributed by atoms with Gasteiger partial charge in [0.05, 0.1) is 5.41 Å². The fourth-order valence-electron chi connectivity index (χ4n) is 13.3. The van der Waals surface area contributed by atoms with Gasteiger partial charge in [-0.15, -0.1) is 0 Å². The van der Waals surface area contributed by atoms with Gasteiger partial charge in [-0.1, -0.05) is 279 Å². The van der Waals surface area contributed by atoms with Gasteiger partial charge >= 0.3 is 0 Å². The molecule has 0 aliphatic heterocycles. The number of hydrogen-bond donors (Lipinski definition) is 0. The van der Waals surface area contributed by atoms with Crippen molar-refractivity contribution in [1.29, 1.82) is 0 Å². The summed E-state index contributed by atoms with van der Waals surface area (Å²) in [6, 6.07) is 133. The molecule has 0 aromatic heterocycles. The van der Waals surface area contributed by atoms with Crippen LogP contribution in [0.15, 0.2) is 364 Å². The third-order valence-corrected chi connectivity index (χ3v) is 17.4. The van der Waals surface area contributed by atoms with Gasteiger partial charge in [-0.2, -0.15) is 0 Å². The first kappa shape index (κ1) is 52.5. The van der Waals surface area contributed by atoms with E-state index in [4.69, 9.17) is 0 Å². The van der Waals surface area contributed by atoms with E-state index in [1.807, 2.05) is 0 Å². The molecule has 0 heterocycles. The van der Waals surface area contributed by atoms with Gasteiger partial charge in [-0.25, -0.2) is 0 Å². The fourth-order valence-corrected chi connectivity index (χ4v) is 13.3. The van der Waals surface area contributed by atoms with Crippen molar-refractivity contribution in [3.63, 3.8) is 0 Å². The van der Waals surface area contributed by atoms with E-state index in [9.17, 15) is 0 Å². The maximum absolute atomic E-state index is 2.45. The van der Waals surface area contributed by atoms with Crippen LogP contribution in [0.4, 0.5) is 34.1 Å². The Morgan fingerprint density at radius 3 is 0.839 bits per heavy atom. The molecule has 15 rings (SSSR count). The lowest BCUT2D eigenvalue weighted by atomic mass is 9.67. The molecule has 87 heavy (non-hydrogen) atoms. The first-order valence-corrected chi connectivity index (χ1v) is 30.0. The van der Waals surface area contributed by atoms with Crippen molar-refractivity contribution in [1.82, 2.24) is 0 Å². The summed E-state index contributed by atoms with van der Waals surface area (Å²) in [5.74, 6) is 0. The van der Waals surface area contributed by atoms with Crippen molar-refractivity contribution in [2.45, 2.75) is 5.41 Å². The molecule has 0 N–H and O–H groups in total. The zero-order valence-corrected chi connectivity index (χ0v) is 48.0. The van der Waals surface area contributed by atoms with Crippen molar-refractivity contribution >= 4 is 34.1 Å². The summed E-state index contributed by atoms with van der Waals surface area (Å²) in [6.07, 6.45) is 0. The highest BCUT2D eigenvalue weighted by Crippen LogP contribution is 2.57. The second kappa shape index (κ2) is 23.0.